The fourth-order valence-corrected chi connectivity index (χ4v) is 3.03. The molecule has 5 heteroatoms. The zero-order valence-corrected chi connectivity index (χ0v) is 10.2. The lowest BCUT2D eigenvalue weighted by atomic mass is 10.5. The third kappa shape index (κ3) is 8.69. The molecule has 0 bridgehead atoms. The molecule has 0 aliphatic heterocycles. The molecule has 0 amide bonds. The van der Waals surface area contributed by atoms with Gasteiger partial charge in [0.2, 0.25) is 7.58 Å². The van der Waals surface area contributed by atoms with Crippen molar-refractivity contribution in [2.45, 2.75) is 33.6 Å². The average Bonchev–Trinajstić information content (AvgIpc) is 2.09. The lowest BCUT2D eigenvalue weighted by molar-refractivity contribution is 0.262. The van der Waals surface area contributed by atoms with Crippen LogP contribution in [0.25, 0.3) is 0 Å². The van der Waals surface area contributed by atoms with Gasteiger partial charge >= 0.3 is 0 Å². The quantitative estimate of drug-likeness (QED) is 0.405. The number of rotatable bonds is 7. The van der Waals surface area contributed by atoms with Crippen LogP contribution in [0.1, 0.15) is 33.6 Å². The molecular weight excluding hydrogens is 205 g/mol. The van der Waals surface area contributed by atoms with Gasteiger partial charge in [0.05, 0.1) is 18.3 Å². The maximum absolute atomic E-state index is 7.31. The minimum Gasteiger partial charge on any atom is -0.326 e. The highest BCUT2D eigenvalue weighted by molar-refractivity contribution is 8.60. The lowest BCUT2D eigenvalue weighted by Gasteiger charge is -2.14. The molecule has 1 N–H and O–H groups in total. The topological polar surface area (TPSA) is 42.3 Å². The molecule has 0 fully saturated rings. The predicted octanol–water partition coefficient (Wildman–Crippen LogP) is 3.80. The highest BCUT2D eigenvalue weighted by atomic mass is 32.7. The van der Waals surface area contributed by atoms with Crippen molar-refractivity contribution in [1.29, 1.82) is 5.41 Å². The lowest BCUT2D eigenvalue weighted by Crippen LogP contribution is -1.93. The van der Waals surface area contributed by atoms with E-state index in [1.807, 2.05) is 0 Å². The van der Waals surface area contributed by atoms with Crippen LogP contribution in [-0.4, -0.2) is 18.3 Å². The van der Waals surface area contributed by atoms with Gasteiger partial charge in [-0.25, -0.2) is 0 Å². The van der Waals surface area contributed by atoms with Gasteiger partial charge in [0.15, 0.2) is 0 Å². The molecule has 0 heterocycles. The van der Waals surface area contributed by atoms with E-state index < -0.39 is 7.58 Å². The van der Waals surface area contributed by atoms with Crippen molar-refractivity contribution in [2.24, 2.45) is 0 Å². The van der Waals surface area contributed by atoms with Gasteiger partial charge in [0.1, 0.15) is 0 Å². The Balaban J connectivity index is 3.66. The Morgan fingerprint density at radius 1 is 1.23 bits per heavy atom. The van der Waals surface area contributed by atoms with Crippen LogP contribution in [-0.2, 0) is 9.05 Å². The van der Waals surface area contributed by atoms with E-state index >= 15 is 0 Å². The average molecular weight is 223 g/mol. The highest BCUT2D eigenvalue weighted by Crippen LogP contribution is 2.52. The normalized spacial score (nSPS) is 10.8. The van der Waals surface area contributed by atoms with Crippen molar-refractivity contribution < 1.29 is 9.05 Å². The van der Waals surface area contributed by atoms with Crippen LogP contribution < -0.4 is 0 Å². The predicted molar refractivity (Wildman–Crippen MR) is 60.4 cm³/mol. The summed E-state index contributed by atoms with van der Waals surface area (Å²) in [5, 5.41) is 7.87. The van der Waals surface area contributed by atoms with Gasteiger partial charge in [0, 0.05) is 0 Å². The summed E-state index contributed by atoms with van der Waals surface area (Å²) in [5.41, 5.74) is 0. The van der Waals surface area contributed by atoms with Crippen molar-refractivity contribution in [3.05, 3.63) is 0 Å². The molecule has 0 spiro atoms. The van der Waals surface area contributed by atoms with Gasteiger partial charge in [-0.05, 0) is 31.1 Å². The molecule has 0 aromatic heterocycles. The third-order valence-corrected chi connectivity index (χ3v) is 4.12. The molecule has 13 heavy (non-hydrogen) atoms. The standard InChI is InChI=1S/C8H18NO2PS/c1-4-6-10-12(11-7-5-2)13-8(3)9/h9H,4-7H2,1-3H3. The monoisotopic (exact) mass is 223 g/mol. The molecule has 0 aliphatic rings. The first-order valence-electron chi connectivity index (χ1n) is 4.49. The van der Waals surface area contributed by atoms with E-state index in [0.717, 1.165) is 26.1 Å². The molecule has 78 valence electrons. The largest absolute Gasteiger partial charge is 0.326 e. The van der Waals surface area contributed by atoms with Gasteiger partial charge in [0.25, 0.3) is 0 Å². The summed E-state index contributed by atoms with van der Waals surface area (Å²) < 4.78 is 10.9. The number of hydrogen-bond donors (Lipinski definition) is 1. The molecule has 0 unspecified atom stereocenters. The first-order chi connectivity index (χ1) is 6.20. The molecule has 0 saturated heterocycles. The number of nitrogens with one attached hydrogen (secondary N) is 1. The van der Waals surface area contributed by atoms with Crippen molar-refractivity contribution in [2.75, 3.05) is 13.2 Å². The third-order valence-electron chi connectivity index (χ3n) is 1.01. The maximum atomic E-state index is 7.31. The Bertz CT molecular complexity index is 138. The number of hydrogen-bond acceptors (Lipinski definition) is 4. The van der Waals surface area contributed by atoms with E-state index in [0.29, 0.717) is 5.04 Å². The molecule has 0 radical (unpaired) electrons. The van der Waals surface area contributed by atoms with Gasteiger partial charge in [-0.1, -0.05) is 13.8 Å². The van der Waals surface area contributed by atoms with Crippen LogP contribution in [0.3, 0.4) is 0 Å². The Hall–Kier alpha value is 0.370. The van der Waals surface area contributed by atoms with Gasteiger partial charge in [-0.15, -0.1) is 0 Å². The van der Waals surface area contributed by atoms with Gasteiger partial charge in [-0.3, -0.25) is 5.41 Å². The summed E-state index contributed by atoms with van der Waals surface area (Å²) in [5.74, 6) is 0. The van der Waals surface area contributed by atoms with E-state index in [1.54, 1.807) is 6.92 Å². The zero-order chi connectivity index (χ0) is 10.1. The molecule has 0 rings (SSSR count). The smallest absolute Gasteiger partial charge is 0.244 e. The summed E-state index contributed by atoms with van der Waals surface area (Å²) in [7, 11) is -0.920. The van der Waals surface area contributed by atoms with Crippen LogP contribution in [0, 0.1) is 5.41 Å². The van der Waals surface area contributed by atoms with E-state index in [1.165, 1.54) is 11.4 Å². The van der Waals surface area contributed by atoms with Crippen molar-refractivity contribution in [1.82, 2.24) is 0 Å². The summed E-state index contributed by atoms with van der Waals surface area (Å²) in [6, 6.07) is 0. The molecule has 3 nitrogen and oxygen atoms in total. The SMILES string of the molecule is CCCOP(OCCC)SC(C)=N. The molecule has 0 aromatic carbocycles. The Labute approximate surface area is 85.8 Å². The summed E-state index contributed by atoms with van der Waals surface area (Å²) >= 11 is 1.38. The van der Waals surface area contributed by atoms with E-state index in [9.17, 15) is 0 Å². The van der Waals surface area contributed by atoms with E-state index in [4.69, 9.17) is 14.5 Å². The zero-order valence-electron chi connectivity index (χ0n) is 8.50. The van der Waals surface area contributed by atoms with Gasteiger partial charge in [-0.2, -0.15) is 0 Å². The molecule has 0 atom stereocenters. The Kier molecular flexibility index (Phi) is 9.20. The van der Waals surface area contributed by atoms with Crippen LogP contribution in [0.5, 0.6) is 0 Å². The van der Waals surface area contributed by atoms with Crippen LogP contribution in [0.2, 0.25) is 0 Å². The van der Waals surface area contributed by atoms with Crippen LogP contribution in [0.15, 0.2) is 0 Å². The summed E-state index contributed by atoms with van der Waals surface area (Å²) in [6.45, 7) is 7.32. The second-order valence-electron chi connectivity index (χ2n) is 2.54. The minimum absolute atomic E-state index is 0.554. The molecule has 0 saturated carbocycles. The molecule has 0 aliphatic carbocycles. The summed E-state index contributed by atoms with van der Waals surface area (Å²) in [6.07, 6.45) is 1.98. The highest BCUT2D eigenvalue weighted by Gasteiger charge is 2.11. The second-order valence-corrected chi connectivity index (χ2v) is 5.74. The molecular formula is C8H18NO2PS. The molecule has 0 aromatic rings. The van der Waals surface area contributed by atoms with Crippen molar-refractivity contribution in [3.8, 4) is 0 Å². The van der Waals surface area contributed by atoms with E-state index in [-0.39, 0.29) is 0 Å². The van der Waals surface area contributed by atoms with Crippen molar-refractivity contribution in [3.63, 3.8) is 0 Å². The first kappa shape index (κ1) is 13.4. The fourth-order valence-electron chi connectivity index (χ4n) is 0.533. The Morgan fingerprint density at radius 2 is 1.69 bits per heavy atom. The minimum atomic E-state index is -0.920. The van der Waals surface area contributed by atoms with Crippen molar-refractivity contribution >= 4 is 24.0 Å². The fraction of sp³-hybridized carbons (Fsp3) is 0.875. The second kappa shape index (κ2) is 8.95. The maximum Gasteiger partial charge on any atom is 0.244 e. The summed E-state index contributed by atoms with van der Waals surface area (Å²) in [4.78, 5) is 0. The first-order valence-corrected chi connectivity index (χ1v) is 7.09. The van der Waals surface area contributed by atoms with Crippen LogP contribution in [0.4, 0.5) is 0 Å². The van der Waals surface area contributed by atoms with E-state index in [2.05, 4.69) is 13.8 Å². The van der Waals surface area contributed by atoms with Gasteiger partial charge < -0.3 is 9.05 Å². The Morgan fingerprint density at radius 3 is 2.00 bits per heavy atom. The van der Waals surface area contributed by atoms with Crippen LogP contribution >= 0.6 is 19.0 Å².